The summed E-state index contributed by atoms with van der Waals surface area (Å²) in [4.78, 5) is 37.6. The highest BCUT2D eigenvalue weighted by atomic mass is 16.7. The molecule has 0 fully saturated rings. The molecule has 1 N–H and O–H groups in total. The van der Waals surface area contributed by atoms with Gasteiger partial charge < -0.3 is 28.5 Å². The quantitative estimate of drug-likeness (QED) is 0.0211. The average molecular weight is 1260 g/mol. The van der Waals surface area contributed by atoms with E-state index in [0.717, 1.165) is 135 Å². The van der Waals surface area contributed by atoms with Crippen molar-refractivity contribution in [3.8, 4) is 0 Å². The number of quaternary nitrogens is 1. The van der Waals surface area contributed by atoms with Gasteiger partial charge in [-0.15, -0.1) is 0 Å². The molecule has 510 valence electrons. The van der Waals surface area contributed by atoms with Gasteiger partial charge in [0.1, 0.15) is 13.2 Å². The number of esters is 2. The molecular weight excluding hydrogens is 1130 g/mol. The van der Waals surface area contributed by atoms with E-state index in [1.54, 1.807) is 0 Å². The molecule has 0 aliphatic rings. The van der Waals surface area contributed by atoms with Crippen LogP contribution in [0.25, 0.3) is 0 Å². The average Bonchev–Trinajstić information content (AvgIpc) is 3.46. The van der Waals surface area contributed by atoms with E-state index >= 15 is 0 Å². The molecule has 0 aliphatic heterocycles. The molecule has 2 atom stereocenters. The number of aliphatic carboxylic acids is 1. The second kappa shape index (κ2) is 70.0. The Kier molecular flexibility index (Phi) is 65.5. The minimum atomic E-state index is -1.53. The summed E-state index contributed by atoms with van der Waals surface area (Å²) in [6, 6.07) is 0. The van der Waals surface area contributed by atoms with Gasteiger partial charge >= 0.3 is 17.9 Å². The first-order valence-electron chi connectivity index (χ1n) is 35.6. The number of rotatable bonds is 63. The van der Waals surface area contributed by atoms with Gasteiger partial charge in [-0.05, 0) is 141 Å². The summed E-state index contributed by atoms with van der Waals surface area (Å²) < 4.78 is 22.9. The van der Waals surface area contributed by atoms with Crippen molar-refractivity contribution < 1.29 is 42.9 Å². The third kappa shape index (κ3) is 71.4. The molecule has 0 radical (unpaired) electrons. The highest BCUT2D eigenvalue weighted by Gasteiger charge is 2.25. The predicted octanol–water partition coefficient (Wildman–Crippen LogP) is 22.6. The number of allylic oxidation sites excluding steroid dienone is 32. The standard InChI is InChI=1S/C82H129NO8/c1-6-8-10-12-14-16-18-20-22-24-26-28-30-32-34-35-36-37-38-39-40-41-42-43-44-45-47-49-51-53-55-57-59-61-63-65-67-69-71-73-80(85)91-78(77-90-82(81(86)87)88-75-74-83(3,4)5)76-89-79(84)72-70-68-66-64-62-60-58-56-54-52-50-48-46-33-31-29-27-25-23-21-19-17-15-13-11-9-7-2/h8-11,14-17,20-23,26-29,32-34,36-37,39-40,42-43,46,50,52,56,58,62,64,78,82H,6-7,12-13,18-19,24-25,30-31,35,38,41,44-45,47-49,51,53-55,57,59-61,63,65-77H2,1-5H3/p+1/b10-8-,11-9-,16-14-,17-15-,22-20-,23-21-,28-26-,29-27-,34-32-,37-36-,40-39-,43-42-,46-33-,52-50-,58-56-,64-62-. The molecule has 2 unspecified atom stereocenters. The first kappa shape index (κ1) is 85.1. The molecule has 9 heteroatoms. The van der Waals surface area contributed by atoms with Crippen LogP contribution >= 0.6 is 0 Å². The predicted molar refractivity (Wildman–Crippen MR) is 391 cm³/mol. The lowest BCUT2D eigenvalue weighted by Gasteiger charge is -2.25. The van der Waals surface area contributed by atoms with Crippen molar-refractivity contribution in [3.63, 3.8) is 0 Å². The van der Waals surface area contributed by atoms with E-state index in [1.807, 2.05) is 21.1 Å². The third-order valence-corrected chi connectivity index (χ3v) is 14.3. The van der Waals surface area contributed by atoms with E-state index in [1.165, 1.54) is 70.6 Å². The van der Waals surface area contributed by atoms with Crippen LogP contribution in [0.5, 0.6) is 0 Å². The van der Waals surface area contributed by atoms with Crippen molar-refractivity contribution >= 4 is 17.9 Å². The van der Waals surface area contributed by atoms with Crippen LogP contribution in [0, 0.1) is 0 Å². The molecule has 0 aromatic carbocycles. The van der Waals surface area contributed by atoms with E-state index in [4.69, 9.17) is 18.9 Å². The Bertz CT molecular complexity index is 2200. The van der Waals surface area contributed by atoms with Gasteiger partial charge in [-0.2, -0.15) is 0 Å². The van der Waals surface area contributed by atoms with E-state index < -0.39 is 30.3 Å². The van der Waals surface area contributed by atoms with Crippen LogP contribution in [0.4, 0.5) is 0 Å². The molecule has 0 amide bonds. The van der Waals surface area contributed by atoms with Gasteiger partial charge in [0, 0.05) is 12.8 Å². The van der Waals surface area contributed by atoms with Crippen LogP contribution in [0.2, 0.25) is 0 Å². The Balaban J connectivity index is 4.21. The minimum Gasteiger partial charge on any atom is -0.477 e. The normalized spacial score (nSPS) is 13.9. The molecule has 0 bridgehead atoms. The fourth-order valence-corrected chi connectivity index (χ4v) is 8.99. The number of likely N-dealkylation sites (N-methyl/N-ethyl adjacent to an activating group) is 1. The van der Waals surface area contributed by atoms with Crippen LogP contribution in [0.15, 0.2) is 194 Å². The molecule has 91 heavy (non-hydrogen) atoms. The Morgan fingerprint density at radius 2 is 0.593 bits per heavy atom. The van der Waals surface area contributed by atoms with Crippen LogP contribution in [-0.4, -0.2) is 87.4 Å². The number of unbranched alkanes of at least 4 members (excludes halogenated alkanes) is 16. The van der Waals surface area contributed by atoms with Gasteiger partial charge in [0.05, 0.1) is 34.4 Å². The minimum absolute atomic E-state index is 0.170. The highest BCUT2D eigenvalue weighted by molar-refractivity contribution is 5.71. The lowest BCUT2D eigenvalue weighted by molar-refractivity contribution is -0.870. The van der Waals surface area contributed by atoms with Crippen molar-refractivity contribution in [2.75, 3.05) is 47.5 Å². The zero-order chi connectivity index (χ0) is 66.1. The monoisotopic (exact) mass is 1260 g/mol. The fraction of sp³-hybridized carbons (Fsp3) is 0.573. The summed E-state index contributed by atoms with van der Waals surface area (Å²) in [6.45, 7) is 4.58. The van der Waals surface area contributed by atoms with Crippen molar-refractivity contribution in [2.45, 2.75) is 257 Å². The SMILES string of the molecule is CC/C=C\C/C=C\C/C=C\C/C=C\C/C=C\C/C=C\C/C=C\C/C=C\CCCCCCCCCCCCCCCCC(=O)OC(COC(=O)CCCC/C=C\C/C=C\C/C=C\C/C=C\C/C=C\C/C=C\C/C=C\C/C=C\CC)COC(OCC[N+](C)(C)C)C(=O)O. The summed E-state index contributed by atoms with van der Waals surface area (Å²) in [5.74, 6) is -2.08. The summed E-state index contributed by atoms with van der Waals surface area (Å²) in [7, 11) is 5.95. The second-order valence-electron chi connectivity index (χ2n) is 24.1. The van der Waals surface area contributed by atoms with Crippen molar-refractivity contribution in [3.05, 3.63) is 194 Å². The van der Waals surface area contributed by atoms with Crippen LogP contribution < -0.4 is 0 Å². The van der Waals surface area contributed by atoms with E-state index in [0.29, 0.717) is 23.9 Å². The van der Waals surface area contributed by atoms with Crippen LogP contribution in [0.3, 0.4) is 0 Å². The maximum absolute atomic E-state index is 13.0. The molecule has 0 saturated heterocycles. The zero-order valence-electron chi connectivity index (χ0n) is 58.2. The first-order chi connectivity index (χ1) is 44.6. The van der Waals surface area contributed by atoms with Gasteiger partial charge in [-0.25, -0.2) is 4.79 Å². The van der Waals surface area contributed by atoms with Gasteiger partial charge in [-0.3, -0.25) is 9.59 Å². The number of hydrogen-bond donors (Lipinski definition) is 1. The Labute approximate surface area is 557 Å². The molecule has 0 rings (SSSR count). The van der Waals surface area contributed by atoms with E-state index in [9.17, 15) is 19.5 Å². The van der Waals surface area contributed by atoms with Crippen LogP contribution in [-0.2, 0) is 33.3 Å². The van der Waals surface area contributed by atoms with Crippen molar-refractivity contribution in [1.29, 1.82) is 0 Å². The molecule has 0 heterocycles. The molecule has 0 aromatic rings. The van der Waals surface area contributed by atoms with Gasteiger partial charge in [-0.1, -0.05) is 285 Å². The molecular formula is C82H130NO8+. The largest absolute Gasteiger partial charge is 0.477 e. The van der Waals surface area contributed by atoms with Crippen molar-refractivity contribution in [2.24, 2.45) is 0 Å². The summed E-state index contributed by atoms with van der Waals surface area (Å²) in [5, 5.41) is 9.75. The summed E-state index contributed by atoms with van der Waals surface area (Å²) >= 11 is 0. The maximum atomic E-state index is 13.0. The fourth-order valence-electron chi connectivity index (χ4n) is 8.99. The third-order valence-electron chi connectivity index (χ3n) is 14.3. The Morgan fingerprint density at radius 1 is 0.330 bits per heavy atom. The molecule has 0 aliphatic carbocycles. The Morgan fingerprint density at radius 3 is 0.901 bits per heavy atom. The van der Waals surface area contributed by atoms with Gasteiger partial charge in [0.15, 0.2) is 6.10 Å². The number of carboxylic acids is 1. The lowest BCUT2D eigenvalue weighted by Crippen LogP contribution is -2.40. The summed E-state index contributed by atoms with van der Waals surface area (Å²) in [6.07, 6.45) is 105. The molecule has 0 saturated carbocycles. The summed E-state index contributed by atoms with van der Waals surface area (Å²) in [5.41, 5.74) is 0. The highest BCUT2D eigenvalue weighted by Crippen LogP contribution is 2.16. The van der Waals surface area contributed by atoms with Gasteiger partial charge in [0.25, 0.3) is 6.29 Å². The van der Waals surface area contributed by atoms with E-state index in [2.05, 4.69) is 208 Å². The van der Waals surface area contributed by atoms with E-state index in [-0.39, 0.29) is 32.7 Å². The smallest absolute Gasteiger partial charge is 0.361 e. The number of ether oxygens (including phenoxy) is 4. The maximum Gasteiger partial charge on any atom is 0.361 e. The number of nitrogens with zero attached hydrogens (tertiary/aromatic N) is 1. The molecule has 0 spiro atoms. The van der Waals surface area contributed by atoms with Crippen LogP contribution in [0.1, 0.15) is 245 Å². The number of carbonyl (C=O) groups excluding carboxylic acids is 2. The Hall–Kier alpha value is -5.87. The number of carbonyl (C=O) groups is 3. The van der Waals surface area contributed by atoms with Crippen molar-refractivity contribution in [1.82, 2.24) is 0 Å². The first-order valence-corrected chi connectivity index (χ1v) is 35.6. The zero-order valence-corrected chi connectivity index (χ0v) is 58.2. The molecule has 0 aromatic heterocycles. The number of hydrogen-bond acceptors (Lipinski definition) is 7. The lowest BCUT2D eigenvalue weighted by atomic mass is 10.0. The van der Waals surface area contributed by atoms with Gasteiger partial charge in [0.2, 0.25) is 0 Å². The molecule has 9 nitrogen and oxygen atoms in total. The number of carboxylic acid groups (broad SMARTS) is 1. The second-order valence-corrected chi connectivity index (χ2v) is 24.1. The topological polar surface area (TPSA) is 108 Å².